The standard InChI is InChI=1S/C21H26ClN3O3S/c1-13-14(2)16(4)20(17(5)15(13)3)29(27,28)25-10-8-24(9-11-25)21(26)18-6-7-19(22)23-12-18/h6-7,12H,8-11H2,1-5H3. The zero-order valence-corrected chi connectivity index (χ0v) is 19.0. The van der Waals surface area contributed by atoms with E-state index in [2.05, 4.69) is 4.98 Å². The summed E-state index contributed by atoms with van der Waals surface area (Å²) in [4.78, 5) is 18.6. The molecular weight excluding hydrogens is 410 g/mol. The number of hydrogen-bond donors (Lipinski definition) is 0. The first-order chi connectivity index (χ1) is 13.6. The molecule has 0 saturated carbocycles. The van der Waals surface area contributed by atoms with E-state index in [1.165, 1.54) is 10.5 Å². The lowest BCUT2D eigenvalue weighted by molar-refractivity contribution is 0.0697. The summed E-state index contributed by atoms with van der Waals surface area (Å²) in [6, 6.07) is 3.20. The minimum Gasteiger partial charge on any atom is -0.336 e. The lowest BCUT2D eigenvalue weighted by atomic mass is 9.95. The van der Waals surface area contributed by atoms with E-state index < -0.39 is 10.0 Å². The fourth-order valence-corrected chi connectivity index (χ4v) is 5.89. The molecule has 1 saturated heterocycles. The molecule has 3 rings (SSSR count). The van der Waals surface area contributed by atoms with E-state index in [1.807, 2.05) is 34.6 Å². The largest absolute Gasteiger partial charge is 0.336 e. The van der Waals surface area contributed by atoms with Crippen molar-refractivity contribution >= 4 is 27.5 Å². The molecule has 0 bridgehead atoms. The fourth-order valence-electron chi connectivity index (χ4n) is 3.80. The van der Waals surface area contributed by atoms with Crippen LogP contribution in [0.3, 0.4) is 0 Å². The molecule has 2 heterocycles. The van der Waals surface area contributed by atoms with Crippen LogP contribution in [0.1, 0.15) is 38.2 Å². The van der Waals surface area contributed by atoms with Gasteiger partial charge in [-0.25, -0.2) is 13.4 Å². The molecule has 156 valence electrons. The van der Waals surface area contributed by atoms with Crippen molar-refractivity contribution in [2.45, 2.75) is 39.5 Å². The first kappa shape index (κ1) is 21.7. The fraction of sp³-hybridized carbons (Fsp3) is 0.429. The number of nitrogens with zero attached hydrogens (tertiary/aromatic N) is 3. The number of benzene rings is 1. The lowest BCUT2D eigenvalue weighted by Crippen LogP contribution is -2.50. The van der Waals surface area contributed by atoms with Gasteiger partial charge >= 0.3 is 0 Å². The Kier molecular flexibility index (Phi) is 6.03. The minimum absolute atomic E-state index is 0.166. The van der Waals surface area contributed by atoms with Gasteiger partial charge in [-0.3, -0.25) is 4.79 Å². The molecule has 8 heteroatoms. The summed E-state index contributed by atoms with van der Waals surface area (Å²) >= 11 is 5.78. The van der Waals surface area contributed by atoms with Crippen molar-refractivity contribution in [1.82, 2.24) is 14.2 Å². The highest BCUT2D eigenvalue weighted by Crippen LogP contribution is 2.32. The molecule has 0 unspecified atom stereocenters. The molecule has 1 aliphatic heterocycles. The Balaban J connectivity index is 1.82. The number of pyridine rings is 1. The molecule has 1 fully saturated rings. The maximum atomic E-state index is 13.4. The topological polar surface area (TPSA) is 70.6 Å². The molecule has 29 heavy (non-hydrogen) atoms. The van der Waals surface area contributed by atoms with Crippen LogP contribution in [-0.2, 0) is 10.0 Å². The average Bonchev–Trinajstić information content (AvgIpc) is 2.71. The summed E-state index contributed by atoms with van der Waals surface area (Å²) in [7, 11) is -3.64. The highest BCUT2D eigenvalue weighted by Gasteiger charge is 2.33. The van der Waals surface area contributed by atoms with Crippen molar-refractivity contribution in [2.75, 3.05) is 26.2 Å². The number of hydrogen-bond acceptors (Lipinski definition) is 4. The first-order valence-corrected chi connectivity index (χ1v) is 11.4. The van der Waals surface area contributed by atoms with Gasteiger partial charge in [0.1, 0.15) is 5.15 Å². The van der Waals surface area contributed by atoms with Crippen LogP contribution in [0.15, 0.2) is 23.2 Å². The normalized spacial score (nSPS) is 15.6. The predicted octanol–water partition coefficient (Wildman–Crippen LogP) is 3.42. The Morgan fingerprint density at radius 2 is 1.41 bits per heavy atom. The molecule has 1 aromatic heterocycles. The Morgan fingerprint density at radius 3 is 1.90 bits per heavy atom. The second-order valence-corrected chi connectivity index (χ2v) is 9.78. The Morgan fingerprint density at radius 1 is 0.897 bits per heavy atom. The average molecular weight is 436 g/mol. The van der Waals surface area contributed by atoms with Crippen LogP contribution in [0.4, 0.5) is 0 Å². The van der Waals surface area contributed by atoms with E-state index in [0.29, 0.717) is 28.7 Å². The van der Waals surface area contributed by atoms with Crippen molar-refractivity contribution < 1.29 is 13.2 Å². The van der Waals surface area contributed by atoms with Crippen LogP contribution >= 0.6 is 11.6 Å². The maximum absolute atomic E-state index is 13.4. The van der Waals surface area contributed by atoms with Gasteiger partial charge in [0, 0.05) is 32.4 Å². The number of aromatic nitrogens is 1. The van der Waals surface area contributed by atoms with Crippen LogP contribution < -0.4 is 0 Å². The Hall–Kier alpha value is -1.96. The summed E-state index contributed by atoms with van der Waals surface area (Å²) in [5.41, 5.74) is 5.20. The van der Waals surface area contributed by atoms with Crippen LogP contribution in [0.25, 0.3) is 0 Å². The van der Waals surface area contributed by atoms with E-state index in [1.54, 1.807) is 17.0 Å². The van der Waals surface area contributed by atoms with Gasteiger partial charge in [0.2, 0.25) is 10.0 Å². The highest BCUT2D eigenvalue weighted by molar-refractivity contribution is 7.89. The zero-order chi connectivity index (χ0) is 21.5. The third-order valence-electron chi connectivity index (χ3n) is 6.03. The molecule has 0 radical (unpaired) electrons. The Bertz CT molecular complexity index is 1030. The molecule has 1 amide bonds. The van der Waals surface area contributed by atoms with Crippen LogP contribution in [0.2, 0.25) is 5.15 Å². The van der Waals surface area contributed by atoms with Gasteiger partial charge in [0.25, 0.3) is 5.91 Å². The van der Waals surface area contributed by atoms with Crippen molar-refractivity contribution in [3.63, 3.8) is 0 Å². The van der Waals surface area contributed by atoms with Crippen molar-refractivity contribution in [3.05, 3.63) is 56.9 Å². The molecule has 2 aromatic rings. The summed E-state index contributed by atoms with van der Waals surface area (Å²) in [6.07, 6.45) is 1.44. The van der Waals surface area contributed by atoms with Gasteiger partial charge in [-0.15, -0.1) is 0 Å². The number of halogens is 1. The van der Waals surface area contributed by atoms with E-state index in [4.69, 9.17) is 11.6 Å². The number of piperazine rings is 1. The SMILES string of the molecule is Cc1c(C)c(C)c(S(=O)(=O)N2CCN(C(=O)c3ccc(Cl)nc3)CC2)c(C)c1C. The van der Waals surface area contributed by atoms with E-state index in [9.17, 15) is 13.2 Å². The number of amides is 1. The number of carbonyl (C=O) groups excluding carboxylic acids is 1. The molecule has 0 aliphatic carbocycles. The number of carbonyl (C=O) groups is 1. The second-order valence-electron chi connectivity index (χ2n) is 7.52. The maximum Gasteiger partial charge on any atom is 0.255 e. The quantitative estimate of drug-likeness (QED) is 0.692. The van der Waals surface area contributed by atoms with Crippen molar-refractivity contribution in [2.24, 2.45) is 0 Å². The summed E-state index contributed by atoms with van der Waals surface area (Å²) in [5, 5.41) is 0.326. The number of rotatable bonds is 3. The van der Waals surface area contributed by atoms with Crippen LogP contribution in [0.5, 0.6) is 0 Å². The summed E-state index contributed by atoms with van der Waals surface area (Å²) in [5.74, 6) is -0.166. The molecule has 0 N–H and O–H groups in total. The van der Waals surface area contributed by atoms with Crippen LogP contribution in [-0.4, -0.2) is 54.7 Å². The monoisotopic (exact) mass is 435 g/mol. The third-order valence-corrected chi connectivity index (χ3v) is 8.43. The predicted molar refractivity (Wildman–Crippen MR) is 114 cm³/mol. The third kappa shape index (κ3) is 3.91. The molecule has 0 atom stereocenters. The Labute approximate surface area is 177 Å². The molecule has 1 aromatic carbocycles. The van der Waals surface area contributed by atoms with E-state index >= 15 is 0 Å². The number of sulfonamides is 1. The van der Waals surface area contributed by atoms with Gasteiger partial charge in [-0.2, -0.15) is 4.31 Å². The van der Waals surface area contributed by atoms with Gasteiger partial charge in [-0.05, 0) is 74.6 Å². The van der Waals surface area contributed by atoms with Gasteiger partial charge in [-0.1, -0.05) is 11.6 Å². The van der Waals surface area contributed by atoms with Crippen molar-refractivity contribution in [1.29, 1.82) is 0 Å². The molecule has 6 nitrogen and oxygen atoms in total. The smallest absolute Gasteiger partial charge is 0.255 e. The van der Waals surface area contributed by atoms with Crippen LogP contribution in [0, 0.1) is 34.6 Å². The van der Waals surface area contributed by atoms with Crippen molar-refractivity contribution in [3.8, 4) is 0 Å². The first-order valence-electron chi connectivity index (χ1n) is 9.53. The lowest BCUT2D eigenvalue weighted by Gasteiger charge is -2.35. The second kappa shape index (κ2) is 8.05. The van der Waals surface area contributed by atoms with Gasteiger partial charge in [0.05, 0.1) is 10.5 Å². The van der Waals surface area contributed by atoms with E-state index in [0.717, 1.165) is 27.8 Å². The highest BCUT2D eigenvalue weighted by atomic mass is 35.5. The van der Waals surface area contributed by atoms with E-state index in [-0.39, 0.29) is 19.0 Å². The summed E-state index contributed by atoms with van der Waals surface area (Å²) in [6.45, 7) is 10.9. The van der Waals surface area contributed by atoms with Gasteiger partial charge in [0.15, 0.2) is 0 Å². The van der Waals surface area contributed by atoms with Gasteiger partial charge < -0.3 is 4.90 Å². The minimum atomic E-state index is -3.64. The molecular formula is C21H26ClN3O3S. The molecule has 1 aliphatic rings. The zero-order valence-electron chi connectivity index (χ0n) is 17.4. The molecule has 0 spiro atoms. The summed E-state index contributed by atoms with van der Waals surface area (Å²) < 4.78 is 28.3.